The Morgan fingerprint density at radius 1 is 1.30 bits per heavy atom. The molecule has 3 nitrogen and oxygen atoms in total. The molecular formula is C16H20FN3. The van der Waals surface area contributed by atoms with Crippen LogP contribution in [0.2, 0.25) is 0 Å². The highest BCUT2D eigenvalue weighted by atomic mass is 19.1. The normalized spacial score (nSPS) is 18.1. The number of nitrogens with zero attached hydrogens (tertiary/aromatic N) is 2. The van der Waals surface area contributed by atoms with Crippen molar-refractivity contribution in [1.29, 1.82) is 0 Å². The number of hydrogen-bond donors (Lipinski definition) is 1. The molecule has 4 heteroatoms. The van der Waals surface area contributed by atoms with E-state index in [4.69, 9.17) is 0 Å². The Morgan fingerprint density at radius 2 is 2.05 bits per heavy atom. The lowest BCUT2D eigenvalue weighted by molar-refractivity contribution is 0.324. The summed E-state index contributed by atoms with van der Waals surface area (Å²) in [5, 5.41) is 3.39. The van der Waals surface area contributed by atoms with Crippen molar-refractivity contribution in [3.63, 3.8) is 0 Å². The van der Waals surface area contributed by atoms with Crippen LogP contribution in [0.15, 0.2) is 30.7 Å². The summed E-state index contributed by atoms with van der Waals surface area (Å²) in [6, 6.07) is 5.21. The van der Waals surface area contributed by atoms with Crippen molar-refractivity contribution in [2.24, 2.45) is 0 Å². The molecule has 0 amide bonds. The molecule has 1 fully saturated rings. The molecule has 0 radical (unpaired) electrons. The van der Waals surface area contributed by atoms with E-state index < -0.39 is 0 Å². The molecule has 2 heterocycles. The van der Waals surface area contributed by atoms with Gasteiger partial charge in [0.2, 0.25) is 0 Å². The molecule has 1 aromatic carbocycles. The van der Waals surface area contributed by atoms with E-state index in [0.717, 1.165) is 31.6 Å². The molecule has 3 rings (SSSR count). The van der Waals surface area contributed by atoms with Crippen molar-refractivity contribution >= 4 is 0 Å². The first-order valence-electron chi connectivity index (χ1n) is 7.11. The molecule has 0 aliphatic carbocycles. The molecular weight excluding hydrogens is 253 g/mol. The van der Waals surface area contributed by atoms with Crippen LogP contribution in [0.3, 0.4) is 0 Å². The Hall–Kier alpha value is -1.68. The Bertz CT molecular complexity index is 612. The number of imidazole rings is 1. The quantitative estimate of drug-likeness (QED) is 0.911. The topological polar surface area (TPSA) is 29.9 Å². The molecule has 1 aliphatic heterocycles. The third-order valence-electron chi connectivity index (χ3n) is 4.46. The molecule has 0 bridgehead atoms. The Balaban J connectivity index is 2.08. The predicted octanol–water partition coefficient (Wildman–Crippen LogP) is 2.96. The summed E-state index contributed by atoms with van der Waals surface area (Å²) in [5.74, 6) is -0.169. The zero-order valence-electron chi connectivity index (χ0n) is 12.0. The number of hydrogen-bond acceptors (Lipinski definition) is 2. The molecule has 1 aromatic heterocycles. The lowest BCUT2D eigenvalue weighted by Crippen LogP contribution is -2.38. The van der Waals surface area contributed by atoms with E-state index in [-0.39, 0.29) is 11.2 Å². The van der Waals surface area contributed by atoms with Crippen LogP contribution in [0.1, 0.15) is 31.0 Å². The van der Waals surface area contributed by atoms with Gasteiger partial charge >= 0.3 is 0 Å². The van der Waals surface area contributed by atoms with E-state index in [1.54, 1.807) is 12.4 Å². The average molecular weight is 273 g/mol. The lowest BCUT2D eigenvalue weighted by Gasteiger charge is -2.34. The molecule has 20 heavy (non-hydrogen) atoms. The van der Waals surface area contributed by atoms with Crippen LogP contribution >= 0.6 is 0 Å². The van der Waals surface area contributed by atoms with E-state index in [0.29, 0.717) is 5.56 Å². The van der Waals surface area contributed by atoms with Gasteiger partial charge in [-0.25, -0.2) is 9.37 Å². The summed E-state index contributed by atoms with van der Waals surface area (Å²) in [6.07, 6.45) is 5.88. The van der Waals surface area contributed by atoms with Crippen LogP contribution in [0.5, 0.6) is 0 Å². The number of benzene rings is 1. The molecule has 0 unspecified atom stereocenters. The summed E-state index contributed by atoms with van der Waals surface area (Å²) < 4.78 is 15.8. The highest BCUT2D eigenvalue weighted by Gasteiger charge is 2.32. The summed E-state index contributed by atoms with van der Waals surface area (Å²) in [4.78, 5) is 4.31. The molecule has 1 N–H and O–H groups in total. The van der Waals surface area contributed by atoms with Crippen molar-refractivity contribution in [1.82, 2.24) is 14.9 Å². The third kappa shape index (κ3) is 2.14. The van der Waals surface area contributed by atoms with Crippen molar-refractivity contribution in [2.75, 3.05) is 13.1 Å². The van der Waals surface area contributed by atoms with E-state index in [9.17, 15) is 4.39 Å². The van der Waals surface area contributed by atoms with Gasteiger partial charge in [-0.3, -0.25) is 0 Å². The molecule has 106 valence electrons. The van der Waals surface area contributed by atoms with Crippen molar-refractivity contribution < 1.29 is 4.39 Å². The minimum Gasteiger partial charge on any atom is -0.317 e. The fourth-order valence-corrected chi connectivity index (χ4v) is 3.03. The highest BCUT2D eigenvalue weighted by Crippen LogP contribution is 2.34. The van der Waals surface area contributed by atoms with Gasteiger partial charge in [0.1, 0.15) is 5.82 Å². The maximum absolute atomic E-state index is 13.8. The van der Waals surface area contributed by atoms with Crippen LogP contribution in [0, 0.1) is 12.7 Å². The van der Waals surface area contributed by atoms with Gasteiger partial charge in [0, 0.05) is 22.9 Å². The van der Waals surface area contributed by atoms with E-state index in [2.05, 4.69) is 17.2 Å². The molecule has 2 aromatic rings. The van der Waals surface area contributed by atoms with Gasteiger partial charge in [-0.1, -0.05) is 13.0 Å². The van der Waals surface area contributed by atoms with Gasteiger partial charge in [0.05, 0.1) is 12.0 Å². The molecule has 1 saturated heterocycles. The first-order chi connectivity index (χ1) is 9.62. The molecule has 0 atom stereocenters. The van der Waals surface area contributed by atoms with E-state index >= 15 is 0 Å². The minimum atomic E-state index is -0.169. The second-order valence-electron chi connectivity index (χ2n) is 5.84. The Labute approximate surface area is 118 Å². The summed E-state index contributed by atoms with van der Waals surface area (Å²) in [6.45, 7) is 6.13. The summed E-state index contributed by atoms with van der Waals surface area (Å²) in [5.41, 5.74) is 2.83. The fourth-order valence-electron chi connectivity index (χ4n) is 3.03. The lowest BCUT2D eigenvalue weighted by atomic mass is 9.78. The van der Waals surface area contributed by atoms with E-state index in [1.807, 2.05) is 23.8 Å². The number of piperidine rings is 1. The second kappa shape index (κ2) is 5.02. The molecule has 1 aliphatic rings. The van der Waals surface area contributed by atoms with Crippen molar-refractivity contribution in [3.05, 3.63) is 47.8 Å². The number of rotatable bonds is 2. The number of halogens is 1. The van der Waals surface area contributed by atoms with Gasteiger partial charge in [0.25, 0.3) is 0 Å². The monoisotopic (exact) mass is 273 g/mol. The Kier molecular flexibility index (Phi) is 3.34. The van der Waals surface area contributed by atoms with Crippen molar-refractivity contribution in [2.45, 2.75) is 32.1 Å². The van der Waals surface area contributed by atoms with E-state index in [1.165, 1.54) is 11.8 Å². The third-order valence-corrected chi connectivity index (χ3v) is 4.46. The summed E-state index contributed by atoms with van der Waals surface area (Å²) in [7, 11) is 0. The summed E-state index contributed by atoms with van der Waals surface area (Å²) >= 11 is 0. The second-order valence-corrected chi connectivity index (χ2v) is 5.84. The van der Waals surface area contributed by atoms with Crippen LogP contribution in [-0.4, -0.2) is 22.6 Å². The first-order valence-corrected chi connectivity index (χ1v) is 7.11. The van der Waals surface area contributed by atoms with Crippen molar-refractivity contribution in [3.8, 4) is 5.69 Å². The fraction of sp³-hybridized carbons (Fsp3) is 0.438. The molecule has 0 spiro atoms. The van der Waals surface area contributed by atoms with Gasteiger partial charge < -0.3 is 9.88 Å². The van der Waals surface area contributed by atoms with Gasteiger partial charge in [-0.2, -0.15) is 0 Å². The SMILES string of the molecule is Cc1c(F)cccc1-n1cncc1C1(C)CCNCC1. The van der Waals surface area contributed by atoms with Crippen LogP contribution in [-0.2, 0) is 5.41 Å². The zero-order valence-corrected chi connectivity index (χ0v) is 12.0. The number of aromatic nitrogens is 2. The first kappa shape index (κ1) is 13.3. The average Bonchev–Trinajstić information content (AvgIpc) is 2.93. The maximum Gasteiger partial charge on any atom is 0.128 e. The Morgan fingerprint density at radius 3 is 2.80 bits per heavy atom. The predicted molar refractivity (Wildman–Crippen MR) is 77.7 cm³/mol. The minimum absolute atomic E-state index is 0.0977. The highest BCUT2D eigenvalue weighted by molar-refractivity contribution is 5.43. The standard InChI is InChI=1S/C16H20FN3/c1-12-13(17)4-3-5-14(12)20-11-19-10-15(20)16(2)6-8-18-9-7-16/h3-5,10-11,18H,6-9H2,1-2H3. The maximum atomic E-state index is 13.8. The van der Waals surface area contributed by atoms with Gasteiger partial charge in [-0.05, 0) is 45.0 Å². The molecule has 0 saturated carbocycles. The smallest absolute Gasteiger partial charge is 0.128 e. The zero-order chi connectivity index (χ0) is 14.2. The van der Waals surface area contributed by atoms with Crippen LogP contribution < -0.4 is 5.32 Å². The van der Waals surface area contributed by atoms with Crippen LogP contribution in [0.4, 0.5) is 4.39 Å². The van der Waals surface area contributed by atoms with Gasteiger partial charge in [-0.15, -0.1) is 0 Å². The number of nitrogens with one attached hydrogen (secondary N) is 1. The van der Waals surface area contributed by atoms with Gasteiger partial charge in [0.15, 0.2) is 0 Å². The largest absolute Gasteiger partial charge is 0.317 e. The van der Waals surface area contributed by atoms with Crippen LogP contribution in [0.25, 0.3) is 5.69 Å².